The molecule has 144 valence electrons. The standard InChI is InChI=1S/C21H23N5O2/c27-20(19(25-11-3-4-12-25)17-7-5-9-22-14-17)23-10-13-26-21(28)18-8-2-1-6-16(18)15-24-26/h1-2,5-9,14-15,19H,3-4,10-13H2,(H,23,27)/t19-/m0/s1. The summed E-state index contributed by atoms with van der Waals surface area (Å²) in [6, 6.07) is 10.8. The van der Waals surface area contributed by atoms with Crippen LogP contribution in [-0.4, -0.2) is 45.2 Å². The van der Waals surface area contributed by atoms with Crippen molar-refractivity contribution < 1.29 is 4.79 Å². The lowest BCUT2D eigenvalue weighted by atomic mass is 10.1. The zero-order valence-electron chi connectivity index (χ0n) is 15.6. The van der Waals surface area contributed by atoms with E-state index in [0.717, 1.165) is 36.9 Å². The quantitative estimate of drug-likeness (QED) is 0.708. The first-order valence-corrected chi connectivity index (χ1v) is 9.60. The van der Waals surface area contributed by atoms with E-state index in [4.69, 9.17) is 0 Å². The van der Waals surface area contributed by atoms with E-state index in [0.29, 0.717) is 18.5 Å². The molecule has 1 fully saturated rings. The van der Waals surface area contributed by atoms with Crippen LogP contribution in [0.4, 0.5) is 0 Å². The number of carbonyl (C=O) groups is 1. The fourth-order valence-corrected chi connectivity index (χ4v) is 3.73. The molecular formula is C21H23N5O2. The fraction of sp³-hybridized carbons (Fsp3) is 0.333. The van der Waals surface area contributed by atoms with Gasteiger partial charge in [-0.25, -0.2) is 4.68 Å². The number of aromatic nitrogens is 3. The Morgan fingerprint density at radius 2 is 1.93 bits per heavy atom. The molecule has 1 atom stereocenters. The average molecular weight is 377 g/mol. The van der Waals surface area contributed by atoms with Crippen molar-refractivity contribution in [2.24, 2.45) is 0 Å². The minimum absolute atomic E-state index is 0.0660. The lowest BCUT2D eigenvalue weighted by molar-refractivity contribution is -0.126. The van der Waals surface area contributed by atoms with Crippen LogP contribution in [0.5, 0.6) is 0 Å². The van der Waals surface area contributed by atoms with Crippen molar-refractivity contribution >= 4 is 16.7 Å². The molecule has 28 heavy (non-hydrogen) atoms. The van der Waals surface area contributed by atoms with Crippen molar-refractivity contribution in [2.45, 2.75) is 25.4 Å². The van der Waals surface area contributed by atoms with E-state index in [1.807, 2.05) is 30.3 Å². The smallest absolute Gasteiger partial charge is 0.274 e. The van der Waals surface area contributed by atoms with Gasteiger partial charge in [-0.1, -0.05) is 24.3 Å². The molecule has 0 unspecified atom stereocenters. The molecule has 0 bridgehead atoms. The van der Waals surface area contributed by atoms with Crippen molar-refractivity contribution in [3.63, 3.8) is 0 Å². The van der Waals surface area contributed by atoms with Gasteiger partial charge in [0.1, 0.15) is 6.04 Å². The molecule has 7 nitrogen and oxygen atoms in total. The molecule has 4 rings (SSSR count). The van der Waals surface area contributed by atoms with Gasteiger partial charge in [0, 0.05) is 24.3 Å². The number of carbonyl (C=O) groups excluding carboxylic acids is 1. The maximum atomic E-state index is 12.9. The monoisotopic (exact) mass is 377 g/mol. The first-order valence-electron chi connectivity index (χ1n) is 9.60. The van der Waals surface area contributed by atoms with Crippen LogP contribution in [0.25, 0.3) is 10.8 Å². The largest absolute Gasteiger partial charge is 0.353 e. The number of hydrogen-bond donors (Lipinski definition) is 1. The average Bonchev–Trinajstić information content (AvgIpc) is 3.25. The lowest BCUT2D eigenvalue weighted by Crippen LogP contribution is -2.41. The molecule has 0 radical (unpaired) electrons. The van der Waals surface area contributed by atoms with Crippen LogP contribution < -0.4 is 10.9 Å². The third-order valence-electron chi connectivity index (χ3n) is 5.14. The summed E-state index contributed by atoms with van der Waals surface area (Å²) in [6.45, 7) is 2.47. The third kappa shape index (κ3) is 3.80. The van der Waals surface area contributed by atoms with Crippen molar-refractivity contribution in [2.75, 3.05) is 19.6 Å². The second kappa shape index (κ2) is 8.31. The van der Waals surface area contributed by atoms with E-state index in [9.17, 15) is 9.59 Å². The Bertz CT molecular complexity index is 1010. The molecule has 0 saturated carbocycles. The number of nitrogens with one attached hydrogen (secondary N) is 1. The normalized spacial score (nSPS) is 15.6. The molecule has 1 N–H and O–H groups in total. The zero-order chi connectivity index (χ0) is 19.3. The Labute approximate surface area is 163 Å². The van der Waals surface area contributed by atoms with Crippen molar-refractivity contribution in [3.05, 3.63) is 70.9 Å². The number of fused-ring (bicyclic) bond motifs is 1. The predicted molar refractivity (Wildman–Crippen MR) is 107 cm³/mol. The van der Waals surface area contributed by atoms with Gasteiger partial charge in [-0.05, 0) is 43.6 Å². The number of nitrogens with zero attached hydrogens (tertiary/aromatic N) is 4. The van der Waals surface area contributed by atoms with Gasteiger partial charge < -0.3 is 5.32 Å². The van der Waals surface area contributed by atoms with Gasteiger partial charge in [-0.2, -0.15) is 5.10 Å². The molecule has 2 aromatic heterocycles. The highest BCUT2D eigenvalue weighted by molar-refractivity contribution is 5.83. The summed E-state index contributed by atoms with van der Waals surface area (Å²) in [7, 11) is 0. The second-order valence-corrected chi connectivity index (χ2v) is 6.98. The van der Waals surface area contributed by atoms with Gasteiger partial charge in [0.15, 0.2) is 0 Å². The Morgan fingerprint density at radius 3 is 2.71 bits per heavy atom. The Hall–Kier alpha value is -3.06. The number of hydrogen-bond acceptors (Lipinski definition) is 5. The summed E-state index contributed by atoms with van der Waals surface area (Å²) < 4.78 is 1.40. The molecule has 0 aliphatic carbocycles. The highest BCUT2D eigenvalue weighted by Gasteiger charge is 2.29. The SMILES string of the molecule is O=C(NCCn1ncc2ccccc2c1=O)[C@H](c1cccnc1)N1CCCC1. The highest BCUT2D eigenvalue weighted by atomic mass is 16.2. The van der Waals surface area contributed by atoms with Gasteiger partial charge in [-0.15, -0.1) is 0 Å². The van der Waals surface area contributed by atoms with Crippen LogP contribution in [0, 0.1) is 0 Å². The molecule has 1 aliphatic rings. The fourth-order valence-electron chi connectivity index (χ4n) is 3.73. The number of pyridine rings is 1. The van der Waals surface area contributed by atoms with E-state index < -0.39 is 0 Å². The Balaban J connectivity index is 1.45. The van der Waals surface area contributed by atoms with E-state index >= 15 is 0 Å². The zero-order valence-corrected chi connectivity index (χ0v) is 15.6. The highest BCUT2D eigenvalue weighted by Crippen LogP contribution is 2.24. The summed E-state index contributed by atoms with van der Waals surface area (Å²) in [5.41, 5.74) is 0.749. The number of rotatable bonds is 6. The Morgan fingerprint density at radius 1 is 1.11 bits per heavy atom. The molecule has 1 saturated heterocycles. The van der Waals surface area contributed by atoms with Gasteiger partial charge in [0.2, 0.25) is 5.91 Å². The number of amides is 1. The molecule has 1 aliphatic heterocycles. The van der Waals surface area contributed by atoms with Gasteiger partial charge in [0.25, 0.3) is 5.56 Å². The summed E-state index contributed by atoms with van der Waals surface area (Å²) in [6.07, 6.45) is 7.33. The summed E-state index contributed by atoms with van der Waals surface area (Å²) in [5.74, 6) is -0.0660. The van der Waals surface area contributed by atoms with Crippen LogP contribution >= 0.6 is 0 Å². The molecule has 1 aromatic carbocycles. The van der Waals surface area contributed by atoms with E-state index in [1.54, 1.807) is 24.7 Å². The van der Waals surface area contributed by atoms with Gasteiger partial charge in [-0.3, -0.25) is 19.5 Å². The topological polar surface area (TPSA) is 80.1 Å². The molecule has 3 aromatic rings. The van der Waals surface area contributed by atoms with Crippen LogP contribution in [0.3, 0.4) is 0 Å². The predicted octanol–water partition coefficient (Wildman–Crippen LogP) is 1.74. The van der Waals surface area contributed by atoms with E-state index in [2.05, 4.69) is 20.3 Å². The molecule has 1 amide bonds. The van der Waals surface area contributed by atoms with Crippen molar-refractivity contribution in [3.8, 4) is 0 Å². The van der Waals surface area contributed by atoms with Crippen molar-refractivity contribution in [1.29, 1.82) is 0 Å². The summed E-state index contributed by atoms with van der Waals surface area (Å²) in [4.78, 5) is 31.8. The lowest BCUT2D eigenvalue weighted by Gasteiger charge is -2.26. The minimum Gasteiger partial charge on any atom is -0.353 e. The molecular weight excluding hydrogens is 354 g/mol. The maximum Gasteiger partial charge on any atom is 0.274 e. The maximum absolute atomic E-state index is 12.9. The third-order valence-corrected chi connectivity index (χ3v) is 5.14. The first-order chi connectivity index (χ1) is 13.7. The minimum atomic E-state index is -0.350. The van der Waals surface area contributed by atoms with E-state index in [1.165, 1.54) is 4.68 Å². The van der Waals surface area contributed by atoms with Crippen LogP contribution in [-0.2, 0) is 11.3 Å². The van der Waals surface area contributed by atoms with Crippen LogP contribution in [0.2, 0.25) is 0 Å². The van der Waals surface area contributed by atoms with Crippen LogP contribution in [0.1, 0.15) is 24.4 Å². The molecule has 3 heterocycles. The first kappa shape index (κ1) is 18.3. The second-order valence-electron chi connectivity index (χ2n) is 6.98. The summed E-state index contributed by atoms with van der Waals surface area (Å²) >= 11 is 0. The van der Waals surface area contributed by atoms with E-state index in [-0.39, 0.29) is 17.5 Å². The Kier molecular flexibility index (Phi) is 5.43. The molecule has 0 spiro atoms. The number of likely N-dealkylation sites (tertiary alicyclic amines) is 1. The summed E-state index contributed by atoms with van der Waals surface area (Å²) in [5, 5.41) is 8.64. The van der Waals surface area contributed by atoms with Crippen molar-refractivity contribution in [1.82, 2.24) is 25.0 Å². The van der Waals surface area contributed by atoms with Gasteiger partial charge >= 0.3 is 0 Å². The van der Waals surface area contributed by atoms with Gasteiger partial charge in [0.05, 0.1) is 18.1 Å². The van der Waals surface area contributed by atoms with Crippen LogP contribution in [0.15, 0.2) is 59.8 Å². The number of benzene rings is 1. The molecule has 7 heteroatoms.